The SMILES string of the molecule is N#Cc1ccc(NC2CC3CCC(C2)N3)cc1C(F)(F)F. The molecular weight excluding hydrogens is 279 g/mol. The summed E-state index contributed by atoms with van der Waals surface area (Å²) in [5, 5.41) is 15.5. The molecule has 2 N–H and O–H groups in total. The molecule has 3 rings (SSSR count). The second-order valence-corrected chi connectivity index (χ2v) is 5.82. The maximum Gasteiger partial charge on any atom is 0.417 e. The van der Waals surface area contributed by atoms with Crippen molar-refractivity contribution in [2.45, 2.75) is 50.0 Å². The van der Waals surface area contributed by atoms with E-state index in [1.54, 1.807) is 12.1 Å². The number of nitriles is 1. The van der Waals surface area contributed by atoms with E-state index in [-0.39, 0.29) is 11.6 Å². The number of benzene rings is 1. The Morgan fingerprint density at radius 2 is 1.86 bits per heavy atom. The highest BCUT2D eigenvalue weighted by atomic mass is 19.4. The molecule has 2 bridgehead atoms. The molecule has 1 aromatic carbocycles. The molecule has 0 saturated carbocycles. The highest BCUT2D eigenvalue weighted by Crippen LogP contribution is 2.34. The zero-order valence-electron chi connectivity index (χ0n) is 11.4. The van der Waals surface area contributed by atoms with Crippen LogP contribution in [-0.2, 0) is 6.18 Å². The van der Waals surface area contributed by atoms with Crippen molar-refractivity contribution in [3.63, 3.8) is 0 Å². The molecule has 112 valence electrons. The van der Waals surface area contributed by atoms with E-state index in [4.69, 9.17) is 5.26 Å². The van der Waals surface area contributed by atoms with E-state index in [0.717, 1.165) is 31.7 Å². The van der Waals surface area contributed by atoms with Gasteiger partial charge in [0.05, 0.1) is 17.2 Å². The molecule has 2 heterocycles. The van der Waals surface area contributed by atoms with Crippen LogP contribution in [0.3, 0.4) is 0 Å². The first-order valence-corrected chi connectivity index (χ1v) is 7.09. The number of anilines is 1. The molecule has 2 atom stereocenters. The van der Waals surface area contributed by atoms with E-state index in [1.165, 1.54) is 6.07 Å². The summed E-state index contributed by atoms with van der Waals surface area (Å²) in [6, 6.07) is 6.57. The molecule has 0 amide bonds. The van der Waals surface area contributed by atoms with Gasteiger partial charge in [-0.15, -0.1) is 0 Å². The fourth-order valence-electron chi connectivity index (χ4n) is 3.38. The van der Waals surface area contributed by atoms with Crippen LogP contribution in [-0.4, -0.2) is 18.1 Å². The number of hydrogen-bond donors (Lipinski definition) is 2. The summed E-state index contributed by atoms with van der Waals surface area (Å²) in [5.74, 6) is 0. The zero-order valence-corrected chi connectivity index (χ0v) is 11.4. The molecule has 2 fully saturated rings. The van der Waals surface area contributed by atoms with E-state index >= 15 is 0 Å². The number of piperidine rings is 1. The van der Waals surface area contributed by atoms with Crippen molar-refractivity contribution in [2.24, 2.45) is 0 Å². The maximum absolute atomic E-state index is 12.9. The van der Waals surface area contributed by atoms with Crippen LogP contribution in [0.25, 0.3) is 0 Å². The zero-order chi connectivity index (χ0) is 15.0. The molecule has 0 spiro atoms. The van der Waals surface area contributed by atoms with Crippen LogP contribution in [0.5, 0.6) is 0 Å². The van der Waals surface area contributed by atoms with Crippen LogP contribution in [0.1, 0.15) is 36.8 Å². The lowest BCUT2D eigenvalue weighted by Crippen LogP contribution is -2.43. The van der Waals surface area contributed by atoms with Gasteiger partial charge in [0.1, 0.15) is 0 Å². The molecular formula is C15H16F3N3. The molecule has 3 nitrogen and oxygen atoms in total. The minimum absolute atomic E-state index is 0.192. The van der Waals surface area contributed by atoms with Gasteiger partial charge in [-0.1, -0.05) is 0 Å². The molecule has 2 unspecified atom stereocenters. The number of halogens is 3. The van der Waals surface area contributed by atoms with Crippen LogP contribution in [0, 0.1) is 11.3 Å². The van der Waals surface area contributed by atoms with E-state index in [0.29, 0.717) is 17.8 Å². The second-order valence-electron chi connectivity index (χ2n) is 5.82. The van der Waals surface area contributed by atoms with Crippen LogP contribution < -0.4 is 10.6 Å². The lowest BCUT2D eigenvalue weighted by atomic mass is 9.99. The van der Waals surface area contributed by atoms with Crippen LogP contribution in [0.15, 0.2) is 18.2 Å². The predicted octanol–water partition coefficient (Wildman–Crippen LogP) is 3.27. The predicted molar refractivity (Wildman–Crippen MR) is 72.7 cm³/mol. The Balaban J connectivity index is 1.79. The molecule has 0 aromatic heterocycles. The van der Waals surface area contributed by atoms with Gasteiger partial charge in [0.15, 0.2) is 0 Å². The van der Waals surface area contributed by atoms with Gasteiger partial charge in [-0.05, 0) is 43.9 Å². The number of nitrogens with one attached hydrogen (secondary N) is 2. The third kappa shape index (κ3) is 2.98. The summed E-state index contributed by atoms with van der Waals surface area (Å²) >= 11 is 0. The van der Waals surface area contributed by atoms with Crippen molar-refractivity contribution in [3.8, 4) is 6.07 Å². The molecule has 1 aromatic rings. The van der Waals surface area contributed by atoms with E-state index in [1.807, 2.05) is 0 Å². The first kappa shape index (κ1) is 14.2. The third-order valence-electron chi connectivity index (χ3n) is 4.29. The Bertz CT molecular complexity index is 565. The highest BCUT2D eigenvalue weighted by molar-refractivity contribution is 5.53. The number of alkyl halides is 3. The number of rotatable bonds is 2. The maximum atomic E-state index is 12.9. The fraction of sp³-hybridized carbons (Fsp3) is 0.533. The molecule has 2 saturated heterocycles. The van der Waals surface area contributed by atoms with E-state index < -0.39 is 11.7 Å². The van der Waals surface area contributed by atoms with E-state index in [2.05, 4.69) is 10.6 Å². The van der Waals surface area contributed by atoms with Gasteiger partial charge in [0.2, 0.25) is 0 Å². The first-order chi connectivity index (χ1) is 9.95. The quantitative estimate of drug-likeness (QED) is 0.880. The Morgan fingerprint density at radius 1 is 1.19 bits per heavy atom. The van der Waals surface area contributed by atoms with Crippen molar-refractivity contribution >= 4 is 5.69 Å². The number of hydrogen-bond acceptors (Lipinski definition) is 3. The van der Waals surface area contributed by atoms with Gasteiger partial charge in [-0.25, -0.2) is 0 Å². The minimum atomic E-state index is -4.50. The van der Waals surface area contributed by atoms with Crippen molar-refractivity contribution in [2.75, 3.05) is 5.32 Å². The average molecular weight is 295 g/mol. The van der Waals surface area contributed by atoms with Crippen molar-refractivity contribution < 1.29 is 13.2 Å². The van der Waals surface area contributed by atoms with Gasteiger partial charge in [0, 0.05) is 23.8 Å². The van der Waals surface area contributed by atoms with Crippen molar-refractivity contribution in [1.29, 1.82) is 5.26 Å². The average Bonchev–Trinajstić information content (AvgIpc) is 2.77. The van der Waals surface area contributed by atoms with Gasteiger partial charge < -0.3 is 10.6 Å². The largest absolute Gasteiger partial charge is 0.417 e. The molecule has 6 heteroatoms. The Kier molecular flexibility index (Phi) is 3.54. The molecule has 2 aliphatic rings. The van der Waals surface area contributed by atoms with Gasteiger partial charge in [-0.3, -0.25) is 0 Å². The lowest BCUT2D eigenvalue weighted by Gasteiger charge is -2.30. The normalized spacial score (nSPS) is 28.2. The Labute approximate surface area is 121 Å². The Morgan fingerprint density at radius 3 is 2.43 bits per heavy atom. The fourth-order valence-corrected chi connectivity index (χ4v) is 3.38. The van der Waals surface area contributed by atoms with Gasteiger partial charge in [0.25, 0.3) is 0 Å². The van der Waals surface area contributed by atoms with Crippen molar-refractivity contribution in [3.05, 3.63) is 29.3 Å². The van der Waals surface area contributed by atoms with Crippen molar-refractivity contribution in [1.82, 2.24) is 5.32 Å². The molecule has 0 radical (unpaired) electrons. The summed E-state index contributed by atoms with van der Waals surface area (Å²) in [4.78, 5) is 0. The smallest absolute Gasteiger partial charge is 0.382 e. The van der Waals surface area contributed by atoms with Crippen LogP contribution in [0.4, 0.5) is 18.9 Å². The topological polar surface area (TPSA) is 47.9 Å². The van der Waals surface area contributed by atoms with Crippen LogP contribution >= 0.6 is 0 Å². The van der Waals surface area contributed by atoms with E-state index in [9.17, 15) is 13.2 Å². The monoisotopic (exact) mass is 295 g/mol. The summed E-state index contributed by atoms with van der Waals surface area (Å²) in [6.45, 7) is 0. The molecule has 2 aliphatic heterocycles. The minimum Gasteiger partial charge on any atom is -0.382 e. The summed E-state index contributed by atoms with van der Waals surface area (Å²) in [5.41, 5.74) is -0.766. The van der Waals surface area contributed by atoms with Crippen LogP contribution in [0.2, 0.25) is 0 Å². The lowest BCUT2D eigenvalue weighted by molar-refractivity contribution is -0.137. The second kappa shape index (κ2) is 5.23. The number of fused-ring (bicyclic) bond motifs is 2. The third-order valence-corrected chi connectivity index (χ3v) is 4.29. The molecule has 21 heavy (non-hydrogen) atoms. The highest BCUT2D eigenvalue weighted by Gasteiger charge is 2.35. The summed E-state index contributed by atoms with van der Waals surface area (Å²) in [7, 11) is 0. The van der Waals surface area contributed by atoms with Gasteiger partial charge in [-0.2, -0.15) is 18.4 Å². The Hall–Kier alpha value is -1.74. The number of nitrogens with zero attached hydrogens (tertiary/aromatic N) is 1. The first-order valence-electron chi connectivity index (χ1n) is 7.09. The standard InChI is InChI=1S/C15H16F3N3/c16-15(17,18)14-7-12(2-1-9(14)8-19)21-13-5-10-3-4-11(6-13)20-10/h1-2,7,10-11,13,20-21H,3-6H2. The summed E-state index contributed by atoms with van der Waals surface area (Å²) < 4.78 is 38.8. The summed E-state index contributed by atoms with van der Waals surface area (Å²) in [6.07, 6.45) is -0.361. The van der Waals surface area contributed by atoms with Gasteiger partial charge >= 0.3 is 6.18 Å². The molecule has 0 aliphatic carbocycles.